The van der Waals surface area contributed by atoms with E-state index < -0.39 is 0 Å². The summed E-state index contributed by atoms with van der Waals surface area (Å²) in [5.41, 5.74) is 0.393. The summed E-state index contributed by atoms with van der Waals surface area (Å²) >= 11 is 0. The van der Waals surface area contributed by atoms with Gasteiger partial charge in [0.15, 0.2) is 0 Å². The summed E-state index contributed by atoms with van der Waals surface area (Å²) in [4.78, 5) is 31.8. The summed E-state index contributed by atoms with van der Waals surface area (Å²) in [6.45, 7) is 24.0. The predicted molar refractivity (Wildman–Crippen MR) is 117 cm³/mol. The maximum atomic E-state index is 10.8. The molecule has 0 aromatic carbocycles. The van der Waals surface area contributed by atoms with Crippen molar-refractivity contribution in [2.24, 2.45) is 16.2 Å². The Kier molecular flexibility index (Phi) is 18.3. The largest absolute Gasteiger partial charge is 0.466 e. The molecule has 0 bridgehead atoms. The Bertz CT molecular complexity index is 389. The highest BCUT2D eigenvalue weighted by Crippen LogP contribution is 2.19. The van der Waals surface area contributed by atoms with E-state index in [2.05, 4.69) is 41.5 Å². The van der Waals surface area contributed by atoms with Crippen LogP contribution in [0, 0.1) is 16.2 Å². The summed E-state index contributed by atoms with van der Waals surface area (Å²) in [5, 5.41) is 0. The molecule has 0 saturated carbocycles. The molecule has 0 atom stereocenters. The van der Waals surface area contributed by atoms with Gasteiger partial charge in [0.25, 0.3) is 0 Å². The lowest BCUT2D eigenvalue weighted by Crippen LogP contribution is -2.15. The zero-order chi connectivity index (χ0) is 21.8. The lowest BCUT2D eigenvalue weighted by atomic mass is 9.90. The number of carbonyl (C=O) groups excluding carboxylic acids is 3. The van der Waals surface area contributed by atoms with Crippen molar-refractivity contribution in [1.82, 2.24) is 0 Å². The third-order valence-corrected chi connectivity index (χ3v) is 2.54. The lowest BCUT2D eigenvalue weighted by Gasteiger charge is -2.15. The molecule has 0 aliphatic carbocycles. The van der Waals surface area contributed by atoms with E-state index in [1.54, 1.807) is 13.8 Å². The van der Waals surface area contributed by atoms with Crippen LogP contribution >= 0.6 is 0 Å². The molecule has 0 aromatic heterocycles. The van der Waals surface area contributed by atoms with Gasteiger partial charge in [0.05, 0.1) is 13.0 Å². The molecule has 0 fully saturated rings. The Morgan fingerprint density at radius 2 is 0.889 bits per heavy atom. The highest BCUT2D eigenvalue weighted by Gasteiger charge is 2.16. The van der Waals surface area contributed by atoms with Crippen molar-refractivity contribution in [1.29, 1.82) is 0 Å². The van der Waals surface area contributed by atoms with Gasteiger partial charge in [-0.1, -0.05) is 69.7 Å². The van der Waals surface area contributed by atoms with Crippen LogP contribution in [0.25, 0.3) is 0 Å². The molecule has 0 heterocycles. The number of esters is 1. The number of hydrogen-bond acceptors (Lipinski definition) is 4. The van der Waals surface area contributed by atoms with Crippen molar-refractivity contribution in [2.45, 2.75) is 110 Å². The molecule has 0 amide bonds. The zero-order valence-corrected chi connectivity index (χ0v) is 19.5. The summed E-state index contributed by atoms with van der Waals surface area (Å²) < 4.78 is 4.78. The van der Waals surface area contributed by atoms with Gasteiger partial charge >= 0.3 is 5.97 Å². The first kappa shape index (κ1) is 33.4. The van der Waals surface area contributed by atoms with Crippen molar-refractivity contribution in [3.63, 3.8) is 0 Å². The number of rotatable bonds is 4. The average molecular weight is 389 g/mol. The minimum atomic E-state index is -0.102. The van der Waals surface area contributed by atoms with E-state index in [0.717, 1.165) is 0 Å². The van der Waals surface area contributed by atoms with Gasteiger partial charge in [-0.3, -0.25) is 4.79 Å². The van der Waals surface area contributed by atoms with Crippen LogP contribution in [0.1, 0.15) is 110 Å². The average Bonchev–Trinajstić information content (AvgIpc) is 2.19. The Hall–Kier alpha value is -1.19. The Morgan fingerprint density at radius 3 is 1.00 bits per heavy atom. The van der Waals surface area contributed by atoms with Gasteiger partial charge in [-0.05, 0) is 37.0 Å². The summed E-state index contributed by atoms with van der Waals surface area (Å²) in [6, 6.07) is 0. The number of carbonyl (C=O) groups is 3. The van der Waals surface area contributed by atoms with Crippen LogP contribution in [0.2, 0.25) is 0 Å². The van der Waals surface area contributed by atoms with Gasteiger partial charge in [0, 0.05) is 12.8 Å². The summed E-state index contributed by atoms with van der Waals surface area (Å²) in [7, 11) is 0. The fraction of sp³-hybridized carbons (Fsp3) is 0.870. The van der Waals surface area contributed by atoms with E-state index in [1.807, 2.05) is 27.7 Å². The van der Waals surface area contributed by atoms with Crippen LogP contribution < -0.4 is 0 Å². The topological polar surface area (TPSA) is 60.4 Å². The number of Topliss-reactive ketones (excluding diaryl/α,β-unsaturated/α-hetero) is 2. The molecule has 27 heavy (non-hydrogen) atoms. The van der Waals surface area contributed by atoms with E-state index >= 15 is 0 Å². The molecule has 0 N–H and O–H groups in total. The van der Waals surface area contributed by atoms with E-state index in [1.165, 1.54) is 0 Å². The van der Waals surface area contributed by atoms with Gasteiger partial charge in [-0.2, -0.15) is 0 Å². The smallest absolute Gasteiger partial charge is 0.306 e. The summed E-state index contributed by atoms with van der Waals surface area (Å²) in [5.74, 6) is 0.449. The molecule has 0 aliphatic heterocycles. The van der Waals surface area contributed by atoms with Gasteiger partial charge < -0.3 is 14.3 Å². The van der Waals surface area contributed by atoms with E-state index in [0.29, 0.717) is 25.9 Å². The predicted octanol–water partition coefficient (Wildman–Crippen LogP) is 6.65. The van der Waals surface area contributed by atoms with Gasteiger partial charge in [-0.25, -0.2) is 0 Å². The van der Waals surface area contributed by atoms with Gasteiger partial charge in [0.1, 0.15) is 11.6 Å². The molecule has 0 unspecified atom stereocenters. The van der Waals surface area contributed by atoms with Crippen molar-refractivity contribution >= 4 is 17.5 Å². The first-order chi connectivity index (χ1) is 11.3. The van der Waals surface area contributed by atoms with Crippen molar-refractivity contribution in [3.05, 3.63) is 0 Å². The molecule has 4 nitrogen and oxygen atoms in total. The second-order valence-corrected chi connectivity index (χ2v) is 10.4. The van der Waals surface area contributed by atoms with Crippen molar-refractivity contribution in [2.75, 3.05) is 6.61 Å². The number of ether oxygens (including phenoxy) is 1. The highest BCUT2D eigenvalue weighted by atomic mass is 16.5. The monoisotopic (exact) mass is 388 g/mol. The van der Waals surface area contributed by atoms with Crippen LogP contribution in [-0.4, -0.2) is 24.1 Å². The molecule has 0 spiro atoms. The van der Waals surface area contributed by atoms with Gasteiger partial charge in [-0.15, -0.1) is 0 Å². The maximum Gasteiger partial charge on any atom is 0.306 e. The van der Waals surface area contributed by atoms with Crippen LogP contribution in [0.3, 0.4) is 0 Å². The van der Waals surface area contributed by atoms with Crippen LogP contribution in [0.4, 0.5) is 0 Å². The van der Waals surface area contributed by atoms with Crippen LogP contribution in [0.15, 0.2) is 0 Å². The van der Waals surface area contributed by atoms with Crippen molar-refractivity contribution < 1.29 is 19.1 Å². The maximum absolute atomic E-state index is 10.8. The minimum absolute atomic E-state index is 0. The van der Waals surface area contributed by atoms with E-state index in [9.17, 15) is 14.4 Å². The van der Waals surface area contributed by atoms with E-state index in [-0.39, 0.29) is 41.2 Å². The molecule has 0 aromatic rings. The third-order valence-electron chi connectivity index (χ3n) is 2.54. The third kappa shape index (κ3) is 45.7. The fourth-order valence-electron chi connectivity index (χ4n) is 2.14. The van der Waals surface area contributed by atoms with E-state index in [4.69, 9.17) is 4.74 Å². The van der Waals surface area contributed by atoms with Gasteiger partial charge in [0.2, 0.25) is 0 Å². The molecular formula is C23H48O4. The number of hydrogen-bond donors (Lipinski definition) is 0. The SMILES string of the molecule is C.CC(=O)CC(C)(C)C.CC(=O)CC(C)(C)C.CCOC(=O)CC(C)(C)C. The fourth-order valence-corrected chi connectivity index (χ4v) is 2.14. The lowest BCUT2D eigenvalue weighted by molar-refractivity contribution is -0.145. The molecule has 0 aliphatic rings. The second-order valence-electron chi connectivity index (χ2n) is 10.4. The first-order valence-electron chi connectivity index (χ1n) is 9.43. The Balaban J connectivity index is -0.000000146. The van der Waals surface area contributed by atoms with Crippen LogP contribution in [0.5, 0.6) is 0 Å². The highest BCUT2D eigenvalue weighted by molar-refractivity contribution is 5.76. The molecular weight excluding hydrogens is 340 g/mol. The second kappa shape index (κ2) is 14.8. The molecule has 0 rings (SSSR count). The first-order valence-corrected chi connectivity index (χ1v) is 9.43. The molecule has 0 radical (unpaired) electrons. The normalized spacial score (nSPS) is 11.0. The summed E-state index contributed by atoms with van der Waals surface area (Å²) in [6.07, 6.45) is 1.88. The quantitative estimate of drug-likeness (QED) is 0.506. The molecule has 164 valence electrons. The minimum Gasteiger partial charge on any atom is -0.466 e. The number of ketones is 2. The Labute approximate surface area is 169 Å². The zero-order valence-electron chi connectivity index (χ0n) is 19.5. The Morgan fingerprint density at radius 1 is 0.630 bits per heavy atom. The molecule has 4 heteroatoms. The van der Waals surface area contributed by atoms with Crippen molar-refractivity contribution in [3.8, 4) is 0 Å². The van der Waals surface area contributed by atoms with Crippen LogP contribution in [-0.2, 0) is 19.1 Å². The molecule has 0 saturated heterocycles. The standard InChI is InChI=1S/C8H16O2.2C7H14O.CH4/c1-5-10-7(9)6-8(2,3)4;2*1-6(8)5-7(2,3)4;/h5-6H2,1-4H3;2*5H2,1-4H3;1H4.